The zero-order valence-electron chi connectivity index (χ0n) is 9.89. The van der Waals surface area contributed by atoms with Crippen molar-refractivity contribution >= 4 is 0 Å². The highest BCUT2D eigenvalue weighted by atomic mass is 16.3. The predicted molar refractivity (Wildman–Crippen MR) is 62.3 cm³/mol. The second kappa shape index (κ2) is 11.0. The Hall–Kier alpha value is -0.0800. The van der Waals surface area contributed by atoms with Crippen molar-refractivity contribution in [2.75, 3.05) is 6.54 Å². The maximum absolute atomic E-state index is 8.94. The number of aliphatic hydroxyl groups is 1. The number of aliphatic hydroxyl groups excluding tert-OH is 1. The van der Waals surface area contributed by atoms with Gasteiger partial charge in [0.05, 0.1) is 0 Å². The van der Waals surface area contributed by atoms with Crippen molar-refractivity contribution in [1.82, 2.24) is 5.32 Å². The van der Waals surface area contributed by atoms with Crippen LogP contribution in [0.1, 0.15) is 65.2 Å². The third kappa shape index (κ3) is 11.9. The topological polar surface area (TPSA) is 32.3 Å². The Morgan fingerprint density at radius 1 is 0.929 bits per heavy atom. The van der Waals surface area contributed by atoms with E-state index in [0.717, 1.165) is 6.54 Å². The maximum Gasteiger partial charge on any atom is 0.102 e. The molecule has 0 rings (SSSR count). The number of nitrogens with one attached hydrogen (secondary N) is 1. The molecule has 0 bridgehead atoms. The van der Waals surface area contributed by atoms with Gasteiger partial charge in [0.1, 0.15) is 6.23 Å². The first-order valence-electron chi connectivity index (χ1n) is 6.18. The molecule has 0 aromatic carbocycles. The van der Waals surface area contributed by atoms with Crippen molar-refractivity contribution in [1.29, 1.82) is 0 Å². The van der Waals surface area contributed by atoms with Crippen molar-refractivity contribution in [3.8, 4) is 0 Å². The Labute approximate surface area is 89.1 Å². The van der Waals surface area contributed by atoms with Gasteiger partial charge in [-0.25, -0.2) is 0 Å². The molecule has 2 N–H and O–H groups in total. The Bertz CT molecular complexity index is 104. The second-order valence-electron chi connectivity index (χ2n) is 4.10. The molecule has 0 aliphatic carbocycles. The molecule has 0 saturated heterocycles. The molecular weight excluding hydrogens is 174 g/mol. The molecule has 0 aliphatic rings. The SMILES string of the molecule is CCCCCCCCCCN[C@@H](C)O. The summed E-state index contributed by atoms with van der Waals surface area (Å²) in [6.45, 7) is 4.97. The van der Waals surface area contributed by atoms with E-state index in [1.807, 2.05) is 0 Å². The van der Waals surface area contributed by atoms with Gasteiger partial charge in [-0.15, -0.1) is 0 Å². The van der Waals surface area contributed by atoms with Crippen molar-refractivity contribution in [3.63, 3.8) is 0 Å². The van der Waals surface area contributed by atoms with Gasteiger partial charge in [0.15, 0.2) is 0 Å². The summed E-state index contributed by atoms with van der Waals surface area (Å²) in [5.41, 5.74) is 0. The van der Waals surface area contributed by atoms with Crippen LogP contribution in [-0.2, 0) is 0 Å². The van der Waals surface area contributed by atoms with Gasteiger partial charge in [-0.05, 0) is 19.9 Å². The van der Waals surface area contributed by atoms with Crippen LogP contribution in [0.15, 0.2) is 0 Å². The number of hydrogen-bond acceptors (Lipinski definition) is 2. The van der Waals surface area contributed by atoms with Gasteiger partial charge < -0.3 is 5.11 Å². The average molecular weight is 201 g/mol. The van der Waals surface area contributed by atoms with E-state index in [0.29, 0.717) is 0 Å². The smallest absolute Gasteiger partial charge is 0.102 e. The standard InChI is InChI=1S/C12H27NO/c1-3-4-5-6-7-8-9-10-11-13-12(2)14/h12-14H,3-11H2,1-2H3/t12-/m1/s1. The minimum Gasteiger partial charge on any atom is -0.379 e. The summed E-state index contributed by atoms with van der Waals surface area (Å²) < 4.78 is 0. The maximum atomic E-state index is 8.94. The molecule has 0 heterocycles. The van der Waals surface area contributed by atoms with Gasteiger partial charge in [0, 0.05) is 0 Å². The monoisotopic (exact) mass is 201 g/mol. The molecule has 2 nitrogen and oxygen atoms in total. The lowest BCUT2D eigenvalue weighted by Gasteiger charge is -2.06. The molecule has 1 atom stereocenters. The van der Waals surface area contributed by atoms with Crippen LogP contribution in [-0.4, -0.2) is 17.9 Å². The van der Waals surface area contributed by atoms with Gasteiger partial charge in [-0.3, -0.25) is 5.32 Å². The molecule has 0 radical (unpaired) electrons. The molecular formula is C12H27NO. The first kappa shape index (κ1) is 13.9. The Kier molecular flexibility index (Phi) is 10.9. The minimum absolute atomic E-state index is 0.348. The Morgan fingerprint density at radius 3 is 1.93 bits per heavy atom. The van der Waals surface area contributed by atoms with Gasteiger partial charge in [-0.2, -0.15) is 0 Å². The van der Waals surface area contributed by atoms with Crippen LogP contribution >= 0.6 is 0 Å². The summed E-state index contributed by atoms with van der Waals surface area (Å²) in [6.07, 6.45) is 10.4. The van der Waals surface area contributed by atoms with E-state index in [4.69, 9.17) is 5.11 Å². The lowest BCUT2D eigenvalue weighted by molar-refractivity contribution is 0.156. The number of rotatable bonds is 10. The van der Waals surface area contributed by atoms with Crippen LogP contribution in [0.3, 0.4) is 0 Å². The summed E-state index contributed by atoms with van der Waals surface area (Å²) in [5.74, 6) is 0. The van der Waals surface area contributed by atoms with Crippen molar-refractivity contribution in [2.24, 2.45) is 0 Å². The summed E-state index contributed by atoms with van der Waals surface area (Å²) in [7, 11) is 0. The largest absolute Gasteiger partial charge is 0.379 e. The molecule has 2 heteroatoms. The predicted octanol–water partition coefficient (Wildman–Crippen LogP) is 3.06. The Morgan fingerprint density at radius 2 is 1.43 bits per heavy atom. The van der Waals surface area contributed by atoms with Gasteiger partial charge >= 0.3 is 0 Å². The van der Waals surface area contributed by atoms with Gasteiger partial charge in [-0.1, -0.05) is 51.9 Å². The molecule has 0 aliphatic heterocycles. The lowest BCUT2D eigenvalue weighted by Crippen LogP contribution is -2.26. The highest BCUT2D eigenvalue weighted by Crippen LogP contribution is 2.07. The average Bonchev–Trinajstić information content (AvgIpc) is 2.15. The van der Waals surface area contributed by atoms with E-state index in [9.17, 15) is 0 Å². The normalized spacial score (nSPS) is 13.1. The van der Waals surface area contributed by atoms with E-state index >= 15 is 0 Å². The summed E-state index contributed by atoms with van der Waals surface area (Å²) in [6, 6.07) is 0. The summed E-state index contributed by atoms with van der Waals surface area (Å²) in [4.78, 5) is 0. The van der Waals surface area contributed by atoms with Crippen molar-refractivity contribution in [3.05, 3.63) is 0 Å². The van der Waals surface area contributed by atoms with Crippen LogP contribution < -0.4 is 5.32 Å². The van der Waals surface area contributed by atoms with Crippen LogP contribution in [0.2, 0.25) is 0 Å². The fourth-order valence-corrected chi connectivity index (χ4v) is 1.57. The number of hydrogen-bond donors (Lipinski definition) is 2. The van der Waals surface area contributed by atoms with Crippen molar-refractivity contribution < 1.29 is 5.11 Å². The highest BCUT2D eigenvalue weighted by Gasteiger charge is 1.93. The first-order valence-corrected chi connectivity index (χ1v) is 6.18. The molecule has 0 amide bonds. The van der Waals surface area contributed by atoms with E-state index in [-0.39, 0.29) is 6.23 Å². The zero-order chi connectivity index (χ0) is 10.6. The molecule has 0 saturated carbocycles. The third-order valence-electron chi connectivity index (χ3n) is 2.47. The van der Waals surface area contributed by atoms with Crippen LogP contribution in [0, 0.1) is 0 Å². The molecule has 86 valence electrons. The zero-order valence-corrected chi connectivity index (χ0v) is 9.89. The minimum atomic E-state index is -0.348. The molecule has 0 fully saturated rings. The molecule has 0 aromatic heterocycles. The van der Waals surface area contributed by atoms with E-state index in [1.54, 1.807) is 6.92 Å². The van der Waals surface area contributed by atoms with E-state index < -0.39 is 0 Å². The van der Waals surface area contributed by atoms with Crippen LogP contribution in [0.25, 0.3) is 0 Å². The highest BCUT2D eigenvalue weighted by molar-refractivity contribution is 4.49. The molecule has 0 aromatic rings. The van der Waals surface area contributed by atoms with Crippen molar-refractivity contribution in [2.45, 2.75) is 71.4 Å². The summed E-state index contributed by atoms with van der Waals surface area (Å²) in [5, 5.41) is 12.0. The first-order chi connectivity index (χ1) is 6.77. The van der Waals surface area contributed by atoms with E-state index in [2.05, 4.69) is 12.2 Å². The second-order valence-corrected chi connectivity index (χ2v) is 4.10. The number of unbranched alkanes of at least 4 members (excludes halogenated alkanes) is 7. The van der Waals surface area contributed by atoms with Crippen LogP contribution in [0.5, 0.6) is 0 Å². The quantitative estimate of drug-likeness (QED) is 0.420. The van der Waals surface area contributed by atoms with Gasteiger partial charge in [0.25, 0.3) is 0 Å². The van der Waals surface area contributed by atoms with E-state index in [1.165, 1.54) is 51.4 Å². The summed E-state index contributed by atoms with van der Waals surface area (Å²) >= 11 is 0. The third-order valence-corrected chi connectivity index (χ3v) is 2.47. The van der Waals surface area contributed by atoms with Crippen LogP contribution in [0.4, 0.5) is 0 Å². The Balaban J connectivity index is 2.85. The molecule has 0 unspecified atom stereocenters. The molecule has 0 spiro atoms. The molecule has 14 heavy (non-hydrogen) atoms. The van der Waals surface area contributed by atoms with Gasteiger partial charge in [0.2, 0.25) is 0 Å². The lowest BCUT2D eigenvalue weighted by atomic mass is 10.1. The fourth-order valence-electron chi connectivity index (χ4n) is 1.57. The fraction of sp³-hybridized carbons (Fsp3) is 1.00.